The monoisotopic (exact) mass is 202 g/mol. The molecular formula is C5H3BrN2S. The second-order valence-corrected chi connectivity index (χ2v) is 3.58. The van der Waals surface area contributed by atoms with Crippen molar-refractivity contribution in [1.29, 1.82) is 5.26 Å². The van der Waals surface area contributed by atoms with Crippen LogP contribution in [0.15, 0.2) is 9.30 Å². The molecule has 0 fully saturated rings. The van der Waals surface area contributed by atoms with Crippen LogP contribution in [0.5, 0.6) is 0 Å². The number of aromatic nitrogens is 1. The summed E-state index contributed by atoms with van der Waals surface area (Å²) in [6.45, 7) is 0. The van der Waals surface area contributed by atoms with Gasteiger partial charge in [-0.05, 0) is 15.9 Å². The standard InChI is InChI=1S/C5H3BrN2S/c6-5-4(1-2-7)8-3-9-5/h3H,1H2. The van der Waals surface area contributed by atoms with Gasteiger partial charge in [0.2, 0.25) is 0 Å². The van der Waals surface area contributed by atoms with Gasteiger partial charge < -0.3 is 0 Å². The number of rotatable bonds is 1. The lowest BCUT2D eigenvalue weighted by atomic mass is 10.4. The normalized spacial score (nSPS) is 8.89. The highest BCUT2D eigenvalue weighted by atomic mass is 79.9. The molecule has 0 aromatic carbocycles. The molecule has 1 aromatic heterocycles. The Morgan fingerprint density at radius 3 is 3.11 bits per heavy atom. The highest BCUT2D eigenvalue weighted by molar-refractivity contribution is 9.11. The van der Waals surface area contributed by atoms with Crippen LogP contribution in [0.1, 0.15) is 5.69 Å². The lowest BCUT2D eigenvalue weighted by Crippen LogP contribution is -1.79. The topological polar surface area (TPSA) is 36.7 Å². The third-order valence-corrected chi connectivity index (χ3v) is 2.51. The summed E-state index contributed by atoms with van der Waals surface area (Å²) in [7, 11) is 0. The lowest BCUT2D eigenvalue weighted by Gasteiger charge is -1.82. The van der Waals surface area contributed by atoms with Crippen molar-refractivity contribution in [2.24, 2.45) is 0 Å². The number of halogens is 1. The molecule has 1 heterocycles. The largest absolute Gasteiger partial charge is 0.247 e. The molecule has 0 aliphatic rings. The van der Waals surface area contributed by atoms with Crippen LogP contribution < -0.4 is 0 Å². The van der Waals surface area contributed by atoms with Crippen LogP contribution in [0.3, 0.4) is 0 Å². The summed E-state index contributed by atoms with van der Waals surface area (Å²) in [5.74, 6) is 0. The van der Waals surface area contributed by atoms with Crippen LogP contribution in [0.25, 0.3) is 0 Å². The van der Waals surface area contributed by atoms with Gasteiger partial charge in [0.05, 0.1) is 27.5 Å². The van der Waals surface area contributed by atoms with Crippen LogP contribution in [-0.2, 0) is 6.42 Å². The van der Waals surface area contributed by atoms with Crippen molar-refractivity contribution in [3.63, 3.8) is 0 Å². The Labute approximate surface area is 65.3 Å². The number of hydrogen-bond donors (Lipinski definition) is 0. The molecule has 0 atom stereocenters. The zero-order valence-electron chi connectivity index (χ0n) is 4.47. The minimum Gasteiger partial charge on any atom is -0.247 e. The fourth-order valence-corrected chi connectivity index (χ4v) is 1.47. The van der Waals surface area contributed by atoms with E-state index in [1.165, 1.54) is 11.3 Å². The summed E-state index contributed by atoms with van der Waals surface area (Å²) in [5.41, 5.74) is 2.55. The predicted octanol–water partition coefficient (Wildman–Crippen LogP) is 1.97. The van der Waals surface area contributed by atoms with Crippen LogP contribution >= 0.6 is 27.3 Å². The van der Waals surface area contributed by atoms with Crippen molar-refractivity contribution < 1.29 is 0 Å². The number of nitrogens with zero attached hydrogens (tertiary/aromatic N) is 2. The molecule has 0 N–H and O–H groups in total. The van der Waals surface area contributed by atoms with E-state index in [1.54, 1.807) is 5.51 Å². The van der Waals surface area contributed by atoms with Crippen LogP contribution in [0.2, 0.25) is 0 Å². The maximum atomic E-state index is 8.26. The Kier molecular flexibility index (Phi) is 2.20. The molecule has 9 heavy (non-hydrogen) atoms. The van der Waals surface area contributed by atoms with E-state index in [2.05, 4.69) is 20.9 Å². The van der Waals surface area contributed by atoms with Crippen LogP contribution in [0, 0.1) is 11.3 Å². The van der Waals surface area contributed by atoms with Gasteiger partial charge in [-0.25, -0.2) is 4.98 Å². The van der Waals surface area contributed by atoms with E-state index in [-0.39, 0.29) is 0 Å². The predicted molar refractivity (Wildman–Crippen MR) is 39.1 cm³/mol. The van der Waals surface area contributed by atoms with Gasteiger partial charge >= 0.3 is 0 Å². The molecule has 46 valence electrons. The quantitative estimate of drug-likeness (QED) is 0.699. The molecule has 0 amide bonds. The van der Waals surface area contributed by atoms with E-state index in [4.69, 9.17) is 5.26 Å². The van der Waals surface area contributed by atoms with E-state index >= 15 is 0 Å². The molecule has 4 heteroatoms. The highest BCUT2D eigenvalue weighted by Crippen LogP contribution is 2.20. The van der Waals surface area contributed by atoms with Gasteiger partial charge in [0, 0.05) is 0 Å². The average molecular weight is 203 g/mol. The van der Waals surface area contributed by atoms with Gasteiger partial charge in [0.25, 0.3) is 0 Å². The summed E-state index contributed by atoms with van der Waals surface area (Å²) in [6.07, 6.45) is 0.393. The minimum absolute atomic E-state index is 0.393. The molecule has 0 unspecified atom stereocenters. The maximum absolute atomic E-state index is 8.26. The third kappa shape index (κ3) is 1.50. The first kappa shape index (κ1) is 6.72. The van der Waals surface area contributed by atoms with Crippen molar-refractivity contribution in [3.05, 3.63) is 15.0 Å². The van der Waals surface area contributed by atoms with Crippen LogP contribution in [-0.4, -0.2) is 4.98 Å². The van der Waals surface area contributed by atoms with Gasteiger partial charge in [0.15, 0.2) is 0 Å². The Morgan fingerprint density at radius 1 is 1.89 bits per heavy atom. The Hall–Kier alpha value is -0.400. The average Bonchev–Trinajstić information content (AvgIpc) is 2.18. The fraction of sp³-hybridized carbons (Fsp3) is 0.200. The number of nitriles is 1. The molecule has 2 nitrogen and oxygen atoms in total. The SMILES string of the molecule is N#CCc1ncsc1Br. The number of thiazole rings is 1. The molecule has 0 radical (unpaired) electrons. The summed E-state index contributed by atoms with van der Waals surface area (Å²) < 4.78 is 0.962. The molecule has 1 rings (SSSR count). The molecule has 0 aliphatic heterocycles. The van der Waals surface area contributed by atoms with Crippen LogP contribution in [0.4, 0.5) is 0 Å². The molecule has 0 saturated heterocycles. The first-order valence-corrected chi connectivity index (χ1v) is 3.96. The van der Waals surface area contributed by atoms with Gasteiger partial charge in [-0.1, -0.05) is 0 Å². The molecule has 0 aliphatic carbocycles. The van der Waals surface area contributed by atoms with Crippen molar-refractivity contribution in [2.75, 3.05) is 0 Å². The molecule has 1 aromatic rings. The van der Waals surface area contributed by atoms with Crippen molar-refractivity contribution in [3.8, 4) is 6.07 Å². The Balaban J connectivity index is 2.84. The van der Waals surface area contributed by atoms with Crippen molar-refractivity contribution in [1.82, 2.24) is 4.98 Å². The zero-order valence-corrected chi connectivity index (χ0v) is 6.87. The van der Waals surface area contributed by atoms with Gasteiger partial charge in [0.1, 0.15) is 0 Å². The maximum Gasteiger partial charge on any atom is 0.0939 e. The molecule has 0 bridgehead atoms. The fourth-order valence-electron chi connectivity index (χ4n) is 0.445. The lowest BCUT2D eigenvalue weighted by molar-refractivity contribution is 1.15. The van der Waals surface area contributed by atoms with E-state index in [1.807, 2.05) is 6.07 Å². The highest BCUT2D eigenvalue weighted by Gasteiger charge is 1.99. The minimum atomic E-state index is 0.393. The first-order chi connectivity index (χ1) is 4.34. The summed E-state index contributed by atoms with van der Waals surface area (Å²) >= 11 is 4.77. The second-order valence-electron chi connectivity index (χ2n) is 1.41. The molecular weight excluding hydrogens is 200 g/mol. The van der Waals surface area contributed by atoms with E-state index in [0.29, 0.717) is 6.42 Å². The van der Waals surface area contributed by atoms with Gasteiger partial charge in [-0.2, -0.15) is 5.26 Å². The summed E-state index contributed by atoms with van der Waals surface area (Å²) in [4.78, 5) is 3.95. The van der Waals surface area contributed by atoms with E-state index < -0.39 is 0 Å². The third-order valence-electron chi connectivity index (χ3n) is 0.838. The Morgan fingerprint density at radius 2 is 2.67 bits per heavy atom. The van der Waals surface area contributed by atoms with E-state index in [9.17, 15) is 0 Å². The smallest absolute Gasteiger partial charge is 0.0939 e. The summed E-state index contributed by atoms with van der Waals surface area (Å²) in [5, 5.41) is 8.26. The van der Waals surface area contributed by atoms with E-state index in [0.717, 1.165) is 9.48 Å². The van der Waals surface area contributed by atoms with Crippen molar-refractivity contribution in [2.45, 2.75) is 6.42 Å². The Bertz CT molecular complexity index is 237. The van der Waals surface area contributed by atoms with Crippen molar-refractivity contribution >= 4 is 27.3 Å². The zero-order chi connectivity index (χ0) is 6.69. The van der Waals surface area contributed by atoms with Gasteiger partial charge in [-0.3, -0.25) is 0 Å². The summed E-state index contributed by atoms with van der Waals surface area (Å²) in [6, 6.07) is 2.03. The number of hydrogen-bond acceptors (Lipinski definition) is 3. The second kappa shape index (κ2) is 2.95. The van der Waals surface area contributed by atoms with Gasteiger partial charge in [-0.15, -0.1) is 11.3 Å². The molecule has 0 spiro atoms. The molecule has 0 saturated carbocycles. The first-order valence-electron chi connectivity index (χ1n) is 2.29.